The second kappa shape index (κ2) is 12.3. The average Bonchev–Trinajstić information content (AvgIpc) is 2.80. The Labute approximate surface area is 183 Å². The molecule has 1 radical (unpaired) electrons. The Hall–Kier alpha value is -2.48. The summed E-state index contributed by atoms with van der Waals surface area (Å²) in [5, 5.41) is 0. The first-order valence-electron chi connectivity index (χ1n) is 11.5. The van der Waals surface area contributed by atoms with Crippen LogP contribution in [-0.4, -0.2) is 13.9 Å². The van der Waals surface area contributed by atoms with Crippen LogP contribution < -0.4 is 4.74 Å². The second-order valence-electron chi connectivity index (χ2n) is 7.97. The molecular formula is C28H34BO. The first-order valence-corrected chi connectivity index (χ1v) is 11.5. The van der Waals surface area contributed by atoms with Gasteiger partial charge in [0.05, 0.1) is 6.61 Å². The van der Waals surface area contributed by atoms with E-state index in [9.17, 15) is 0 Å². The third-order valence-corrected chi connectivity index (χ3v) is 5.60. The van der Waals surface area contributed by atoms with E-state index in [2.05, 4.69) is 100.0 Å². The van der Waals surface area contributed by atoms with Gasteiger partial charge >= 0.3 is 0 Å². The monoisotopic (exact) mass is 397 g/mol. The molecule has 0 heterocycles. The van der Waals surface area contributed by atoms with Crippen LogP contribution in [0.3, 0.4) is 0 Å². The molecule has 3 aromatic rings. The van der Waals surface area contributed by atoms with Crippen LogP contribution >= 0.6 is 0 Å². The number of ether oxygens (including phenoxy) is 1. The zero-order valence-electron chi connectivity index (χ0n) is 18.5. The second-order valence-corrected chi connectivity index (χ2v) is 7.97. The van der Waals surface area contributed by atoms with E-state index in [0.29, 0.717) is 5.82 Å². The highest BCUT2D eigenvalue weighted by molar-refractivity contribution is 6.38. The highest BCUT2D eigenvalue weighted by atomic mass is 16.5. The lowest BCUT2D eigenvalue weighted by Gasteiger charge is -2.20. The number of unbranched alkanes of at least 4 members (excludes halogenated alkanes) is 1. The number of benzene rings is 3. The molecule has 1 nitrogen and oxygen atoms in total. The molecule has 0 fully saturated rings. The Morgan fingerprint density at radius 3 is 2.43 bits per heavy atom. The molecule has 1 unspecified atom stereocenters. The van der Waals surface area contributed by atoms with Gasteiger partial charge in [0.1, 0.15) is 13.0 Å². The zero-order chi connectivity index (χ0) is 21.0. The quantitative estimate of drug-likeness (QED) is 0.224. The molecule has 0 saturated heterocycles. The molecule has 0 spiro atoms. The van der Waals surface area contributed by atoms with E-state index in [-0.39, 0.29) is 0 Å². The molecular weight excluding hydrogens is 363 g/mol. The number of hydrogen-bond acceptors (Lipinski definition) is 1. The van der Waals surface area contributed by atoms with Gasteiger partial charge in [0.25, 0.3) is 0 Å². The molecule has 0 bridgehead atoms. The third kappa shape index (κ3) is 6.52. The molecule has 3 aromatic carbocycles. The fourth-order valence-corrected chi connectivity index (χ4v) is 3.98. The van der Waals surface area contributed by atoms with E-state index in [1.807, 2.05) is 0 Å². The van der Waals surface area contributed by atoms with E-state index >= 15 is 0 Å². The van der Waals surface area contributed by atoms with Gasteiger partial charge in [-0.2, -0.15) is 0 Å². The van der Waals surface area contributed by atoms with Crippen LogP contribution in [0.1, 0.15) is 56.5 Å². The van der Waals surface area contributed by atoms with Crippen LogP contribution in [0.4, 0.5) is 0 Å². The summed E-state index contributed by atoms with van der Waals surface area (Å²) in [6, 6.07) is 28.3. The minimum atomic E-state index is 0.472. The number of hydrogen-bond donors (Lipinski definition) is 0. The first kappa shape index (κ1) is 22.2. The Morgan fingerprint density at radius 1 is 0.833 bits per heavy atom. The van der Waals surface area contributed by atoms with E-state index in [0.717, 1.165) is 37.9 Å². The maximum absolute atomic E-state index is 5.96. The zero-order valence-corrected chi connectivity index (χ0v) is 18.5. The summed E-state index contributed by atoms with van der Waals surface area (Å²) >= 11 is 0. The molecule has 30 heavy (non-hydrogen) atoms. The summed E-state index contributed by atoms with van der Waals surface area (Å²) in [5.74, 6) is 1.44. The van der Waals surface area contributed by atoms with Crippen molar-refractivity contribution in [3.05, 3.63) is 90.0 Å². The Bertz CT molecular complexity index is 875. The summed E-state index contributed by atoms with van der Waals surface area (Å²) in [6.45, 7) is 5.26. The predicted molar refractivity (Wildman–Crippen MR) is 131 cm³/mol. The van der Waals surface area contributed by atoms with E-state index in [4.69, 9.17) is 4.74 Å². The van der Waals surface area contributed by atoms with Crippen molar-refractivity contribution < 1.29 is 4.74 Å². The molecule has 2 heteroatoms. The van der Waals surface area contributed by atoms with Gasteiger partial charge in [-0.25, -0.2) is 0 Å². The maximum atomic E-state index is 5.96. The van der Waals surface area contributed by atoms with Crippen LogP contribution in [0.15, 0.2) is 78.9 Å². The lowest BCUT2D eigenvalue weighted by molar-refractivity contribution is 0.309. The Balaban J connectivity index is 1.76. The van der Waals surface area contributed by atoms with E-state index in [1.54, 1.807) is 0 Å². The molecule has 0 amide bonds. The van der Waals surface area contributed by atoms with Crippen LogP contribution in [0.2, 0.25) is 6.32 Å². The molecule has 0 aliphatic carbocycles. The molecule has 1 atom stereocenters. The van der Waals surface area contributed by atoms with Crippen molar-refractivity contribution in [2.75, 3.05) is 6.61 Å². The van der Waals surface area contributed by atoms with Crippen molar-refractivity contribution in [1.82, 2.24) is 0 Å². The maximum Gasteiger partial charge on any atom is 0.120 e. The van der Waals surface area contributed by atoms with Gasteiger partial charge in [-0.05, 0) is 53.0 Å². The molecule has 0 aromatic heterocycles. The molecule has 0 aliphatic rings. The van der Waals surface area contributed by atoms with Gasteiger partial charge in [0.2, 0.25) is 0 Å². The standard InChI is InChI=1S/C28H34BO/c1-3-5-21-30-25-16-11-15-24(22-25)26-17-9-10-18-27(26)28(12-4-2)29-20-19-23-13-7-6-8-14-23/h6-11,13-18,22,28H,3-5,12,19-21H2,1-2H3. The van der Waals surface area contributed by atoms with Crippen molar-refractivity contribution in [2.24, 2.45) is 0 Å². The smallest absolute Gasteiger partial charge is 0.120 e. The van der Waals surface area contributed by atoms with Crippen molar-refractivity contribution in [3.63, 3.8) is 0 Å². The summed E-state index contributed by atoms with van der Waals surface area (Å²) in [6.07, 6.45) is 6.81. The first-order chi connectivity index (χ1) is 14.8. The molecule has 0 saturated carbocycles. The van der Waals surface area contributed by atoms with Crippen molar-refractivity contribution in [1.29, 1.82) is 0 Å². The third-order valence-electron chi connectivity index (χ3n) is 5.60. The van der Waals surface area contributed by atoms with Crippen molar-refractivity contribution in [3.8, 4) is 16.9 Å². The minimum Gasteiger partial charge on any atom is -0.494 e. The van der Waals surface area contributed by atoms with Gasteiger partial charge in [0, 0.05) is 0 Å². The van der Waals surface area contributed by atoms with Gasteiger partial charge in [-0.3, -0.25) is 0 Å². The fraction of sp³-hybridized carbons (Fsp3) is 0.357. The van der Waals surface area contributed by atoms with Gasteiger partial charge < -0.3 is 4.74 Å². The lowest BCUT2D eigenvalue weighted by Crippen LogP contribution is -2.10. The molecule has 0 aliphatic heterocycles. The molecule has 0 N–H and O–H groups in total. The van der Waals surface area contributed by atoms with Gasteiger partial charge in [-0.1, -0.05) is 106 Å². The van der Waals surface area contributed by atoms with Crippen LogP contribution in [-0.2, 0) is 6.42 Å². The highest BCUT2D eigenvalue weighted by Gasteiger charge is 2.16. The SMILES string of the molecule is CCCCOc1cccc(-c2ccccc2C([B]CCc2ccccc2)CCC)c1. The van der Waals surface area contributed by atoms with Crippen LogP contribution in [0.5, 0.6) is 5.75 Å². The predicted octanol–water partition coefficient (Wildman–Crippen LogP) is 7.74. The van der Waals surface area contributed by atoms with Gasteiger partial charge in [0.15, 0.2) is 0 Å². The minimum absolute atomic E-state index is 0.472. The summed E-state index contributed by atoms with van der Waals surface area (Å²) in [7, 11) is 2.52. The topological polar surface area (TPSA) is 9.23 Å². The largest absolute Gasteiger partial charge is 0.494 e. The lowest BCUT2D eigenvalue weighted by atomic mass is 9.56. The van der Waals surface area contributed by atoms with Crippen molar-refractivity contribution in [2.45, 2.75) is 58.1 Å². The number of rotatable bonds is 12. The van der Waals surface area contributed by atoms with Crippen LogP contribution in [0, 0.1) is 0 Å². The highest BCUT2D eigenvalue weighted by Crippen LogP contribution is 2.33. The fourth-order valence-electron chi connectivity index (χ4n) is 3.98. The van der Waals surface area contributed by atoms with Crippen LogP contribution in [0.25, 0.3) is 11.1 Å². The van der Waals surface area contributed by atoms with Crippen molar-refractivity contribution >= 4 is 7.28 Å². The normalized spacial score (nSPS) is 11.8. The van der Waals surface area contributed by atoms with E-state index in [1.165, 1.54) is 35.1 Å². The number of aryl methyl sites for hydroxylation is 1. The summed E-state index contributed by atoms with van der Waals surface area (Å²) in [4.78, 5) is 0. The van der Waals surface area contributed by atoms with E-state index < -0.39 is 0 Å². The Morgan fingerprint density at radius 2 is 1.63 bits per heavy atom. The summed E-state index contributed by atoms with van der Waals surface area (Å²) in [5.41, 5.74) is 5.41. The average molecular weight is 397 g/mol. The molecule has 155 valence electrons. The molecule has 3 rings (SSSR count). The Kier molecular flexibility index (Phi) is 9.09. The van der Waals surface area contributed by atoms with Gasteiger partial charge in [-0.15, -0.1) is 0 Å². The summed E-state index contributed by atoms with van der Waals surface area (Å²) < 4.78 is 5.96.